The number of aromatic nitrogens is 1. The minimum Gasteiger partial charge on any atom is -0.447 e. The Morgan fingerprint density at radius 1 is 1.12 bits per heavy atom. The molecule has 0 atom stereocenters. The molecular formula is C18H30N4O2. The standard InChI is InChI=1S/C18H30N4O2/c1-15(2)5-8-20-9-11-21(12-10-20)13-17-19-16(14-24-17)18(23)22-6-3-4-7-22/h14-15H,3-13H2,1-2H3. The second-order valence-corrected chi connectivity index (χ2v) is 7.43. The molecule has 0 saturated carbocycles. The third-order valence-electron chi connectivity index (χ3n) is 5.01. The Balaban J connectivity index is 1.45. The first kappa shape index (κ1) is 17.4. The number of nitrogens with zero attached hydrogens (tertiary/aromatic N) is 4. The molecule has 2 saturated heterocycles. The molecule has 2 fully saturated rings. The van der Waals surface area contributed by atoms with Crippen LogP contribution in [0.25, 0.3) is 0 Å². The van der Waals surface area contributed by atoms with Gasteiger partial charge in [-0.1, -0.05) is 13.8 Å². The Kier molecular flexibility index (Phi) is 5.89. The Labute approximate surface area is 144 Å². The monoisotopic (exact) mass is 334 g/mol. The fourth-order valence-electron chi connectivity index (χ4n) is 3.37. The normalized spacial score (nSPS) is 20.2. The van der Waals surface area contributed by atoms with Gasteiger partial charge < -0.3 is 14.2 Å². The molecule has 1 aromatic heterocycles. The molecule has 0 unspecified atom stereocenters. The van der Waals surface area contributed by atoms with E-state index in [4.69, 9.17) is 4.42 Å². The summed E-state index contributed by atoms with van der Waals surface area (Å²) in [6.45, 7) is 12.4. The van der Waals surface area contributed by atoms with Gasteiger partial charge in [0.15, 0.2) is 5.69 Å². The highest BCUT2D eigenvalue weighted by Crippen LogP contribution is 2.14. The van der Waals surface area contributed by atoms with E-state index < -0.39 is 0 Å². The van der Waals surface area contributed by atoms with E-state index in [1.165, 1.54) is 19.2 Å². The van der Waals surface area contributed by atoms with Gasteiger partial charge in [-0.05, 0) is 31.7 Å². The zero-order valence-electron chi connectivity index (χ0n) is 15.0. The van der Waals surface area contributed by atoms with E-state index in [0.29, 0.717) is 18.1 Å². The highest BCUT2D eigenvalue weighted by molar-refractivity contribution is 5.92. The zero-order valence-corrected chi connectivity index (χ0v) is 15.0. The van der Waals surface area contributed by atoms with Gasteiger partial charge in [0.1, 0.15) is 6.26 Å². The molecule has 3 rings (SSSR count). The number of rotatable bonds is 6. The van der Waals surface area contributed by atoms with E-state index in [1.807, 2.05) is 4.90 Å². The highest BCUT2D eigenvalue weighted by atomic mass is 16.3. The summed E-state index contributed by atoms with van der Waals surface area (Å²) in [6, 6.07) is 0. The van der Waals surface area contributed by atoms with Crippen molar-refractivity contribution in [3.8, 4) is 0 Å². The van der Waals surface area contributed by atoms with Crippen molar-refractivity contribution < 1.29 is 9.21 Å². The Morgan fingerprint density at radius 3 is 2.46 bits per heavy atom. The number of hydrogen-bond acceptors (Lipinski definition) is 5. The SMILES string of the molecule is CC(C)CCN1CCN(Cc2nc(C(=O)N3CCCC3)co2)CC1. The smallest absolute Gasteiger partial charge is 0.275 e. The van der Waals surface area contributed by atoms with Crippen molar-refractivity contribution in [2.24, 2.45) is 5.92 Å². The summed E-state index contributed by atoms with van der Waals surface area (Å²) in [5, 5.41) is 0. The summed E-state index contributed by atoms with van der Waals surface area (Å²) in [5.41, 5.74) is 0.461. The largest absolute Gasteiger partial charge is 0.447 e. The maximum atomic E-state index is 12.3. The van der Waals surface area contributed by atoms with Crippen LogP contribution < -0.4 is 0 Å². The second-order valence-electron chi connectivity index (χ2n) is 7.43. The lowest BCUT2D eigenvalue weighted by Gasteiger charge is -2.34. The summed E-state index contributed by atoms with van der Waals surface area (Å²) < 4.78 is 5.54. The van der Waals surface area contributed by atoms with Crippen LogP contribution in [0.4, 0.5) is 0 Å². The van der Waals surface area contributed by atoms with Crippen LogP contribution >= 0.6 is 0 Å². The molecule has 6 heteroatoms. The van der Waals surface area contributed by atoms with Gasteiger partial charge in [-0.15, -0.1) is 0 Å². The number of carbonyl (C=O) groups excluding carboxylic acids is 1. The molecular weight excluding hydrogens is 304 g/mol. The molecule has 0 aromatic carbocycles. The summed E-state index contributed by atoms with van der Waals surface area (Å²) in [6.07, 6.45) is 4.98. The average molecular weight is 334 g/mol. The van der Waals surface area contributed by atoms with Crippen molar-refractivity contribution in [1.82, 2.24) is 19.7 Å². The van der Waals surface area contributed by atoms with Crippen LogP contribution in [0.2, 0.25) is 0 Å². The number of likely N-dealkylation sites (tertiary alicyclic amines) is 1. The fraction of sp³-hybridized carbons (Fsp3) is 0.778. The predicted molar refractivity (Wildman–Crippen MR) is 92.8 cm³/mol. The van der Waals surface area contributed by atoms with Crippen LogP contribution in [-0.4, -0.2) is 71.4 Å². The van der Waals surface area contributed by atoms with Crippen LogP contribution in [0.1, 0.15) is 49.5 Å². The van der Waals surface area contributed by atoms with Gasteiger partial charge in [-0.3, -0.25) is 9.69 Å². The molecule has 0 aliphatic carbocycles. The molecule has 134 valence electrons. The second kappa shape index (κ2) is 8.12. The predicted octanol–water partition coefficient (Wildman–Crippen LogP) is 2.07. The number of hydrogen-bond donors (Lipinski definition) is 0. The topological polar surface area (TPSA) is 52.8 Å². The van der Waals surface area contributed by atoms with Crippen LogP contribution in [-0.2, 0) is 6.54 Å². The van der Waals surface area contributed by atoms with Gasteiger partial charge in [0.25, 0.3) is 5.91 Å². The summed E-state index contributed by atoms with van der Waals surface area (Å²) >= 11 is 0. The van der Waals surface area contributed by atoms with Gasteiger partial charge in [-0.25, -0.2) is 4.98 Å². The van der Waals surface area contributed by atoms with E-state index in [2.05, 4.69) is 28.6 Å². The zero-order chi connectivity index (χ0) is 16.9. The van der Waals surface area contributed by atoms with Crippen molar-refractivity contribution in [2.75, 3.05) is 45.8 Å². The molecule has 0 radical (unpaired) electrons. The minimum atomic E-state index is 0.0148. The van der Waals surface area contributed by atoms with Crippen molar-refractivity contribution in [2.45, 2.75) is 39.7 Å². The van der Waals surface area contributed by atoms with Crippen molar-refractivity contribution in [1.29, 1.82) is 0 Å². The molecule has 0 N–H and O–H groups in total. The maximum absolute atomic E-state index is 12.3. The van der Waals surface area contributed by atoms with Crippen molar-refractivity contribution in [3.05, 3.63) is 17.8 Å². The molecule has 2 aliphatic heterocycles. The van der Waals surface area contributed by atoms with Gasteiger partial charge in [-0.2, -0.15) is 0 Å². The quantitative estimate of drug-likeness (QED) is 0.797. The van der Waals surface area contributed by atoms with Crippen LogP contribution in [0.3, 0.4) is 0 Å². The van der Waals surface area contributed by atoms with Gasteiger partial charge in [0.2, 0.25) is 5.89 Å². The first-order chi connectivity index (χ1) is 11.6. The third-order valence-corrected chi connectivity index (χ3v) is 5.01. The molecule has 24 heavy (non-hydrogen) atoms. The van der Waals surface area contributed by atoms with Crippen molar-refractivity contribution in [3.63, 3.8) is 0 Å². The average Bonchev–Trinajstić information content (AvgIpc) is 3.25. The molecule has 3 heterocycles. The summed E-state index contributed by atoms with van der Waals surface area (Å²) in [5.74, 6) is 1.44. The molecule has 1 aromatic rings. The number of carbonyl (C=O) groups is 1. The lowest BCUT2D eigenvalue weighted by molar-refractivity contribution is 0.0786. The molecule has 0 bridgehead atoms. The molecule has 6 nitrogen and oxygen atoms in total. The summed E-state index contributed by atoms with van der Waals surface area (Å²) in [4.78, 5) is 23.5. The molecule has 1 amide bonds. The lowest BCUT2D eigenvalue weighted by atomic mass is 10.1. The van der Waals surface area contributed by atoms with E-state index >= 15 is 0 Å². The number of amides is 1. The Hall–Kier alpha value is -1.40. The highest BCUT2D eigenvalue weighted by Gasteiger charge is 2.23. The molecule has 0 spiro atoms. The van der Waals surface area contributed by atoms with Gasteiger partial charge >= 0.3 is 0 Å². The minimum absolute atomic E-state index is 0.0148. The first-order valence-corrected chi connectivity index (χ1v) is 9.30. The van der Waals surface area contributed by atoms with E-state index in [-0.39, 0.29) is 5.91 Å². The first-order valence-electron chi connectivity index (χ1n) is 9.30. The van der Waals surface area contributed by atoms with E-state index in [1.54, 1.807) is 0 Å². The molecule has 2 aliphatic rings. The Morgan fingerprint density at radius 2 is 1.79 bits per heavy atom. The van der Waals surface area contributed by atoms with Gasteiger partial charge in [0, 0.05) is 39.3 Å². The number of piperazine rings is 1. The summed E-state index contributed by atoms with van der Waals surface area (Å²) in [7, 11) is 0. The number of oxazole rings is 1. The third kappa shape index (κ3) is 4.57. The van der Waals surface area contributed by atoms with Crippen LogP contribution in [0.15, 0.2) is 10.7 Å². The van der Waals surface area contributed by atoms with Crippen LogP contribution in [0, 0.1) is 5.92 Å². The van der Waals surface area contributed by atoms with E-state index in [0.717, 1.165) is 58.0 Å². The fourth-order valence-corrected chi connectivity index (χ4v) is 3.37. The van der Waals surface area contributed by atoms with E-state index in [9.17, 15) is 4.79 Å². The van der Waals surface area contributed by atoms with Crippen LogP contribution in [0.5, 0.6) is 0 Å². The van der Waals surface area contributed by atoms with Gasteiger partial charge in [0.05, 0.1) is 6.54 Å². The Bertz CT molecular complexity index is 529. The maximum Gasteiger partial charge on any atom is 0.275 e. The lowest BCUT2D eigenvalue weighted by Crippen LogP contribution is -2.46. The van der Waals surface area contributed by atoms with Crippen molar-refractivity contribution >= 4 is 5.91 Å².